The Balaban J connectivity index is 3.14. The fourth-order valence-electron chi connectivity index (χ4n) is 1.01. The van der Waals surface area contributed by atoms with Gasteiger partial charge in [0, 0.05) is 6.54 Å². The van der Waals surface area contributed by atoms with Crippen molar-refractivity contribution in [1.82, 2.24) is 5.01 Å². The molecule has 0 bridgehead atoms. The standard InChI is InChI=1S/C8H20N4/c1-2-3-4-5-6-7-12(11)8(9)10/h2-7,11H2,1H3,(H3,9,10). The summed E-state index contributed by atoms with van der Waals surface area (Å²) in [4.78, 5) is 0. The van der Waals surface area contributed by atoms with Gasteiger partial charge in [-0.25, -0.2) is 5.84 Å². The Labute approximate surface area is 74.4 Å². The van der Waals surface area contributed by atoms with Gasteiger partial charge in [0.15, 0.2) is 0 Å². The summed E-state index contributed by atoms with van der Waals surface area (Å²) in [6.07, 6.45) is 5.98. The molecule has 0 rings (SSSR count). The zero-order chi connectivity index (χ0) is 9.40. The lowest BCUT2D eigenvalue weighted by atomic mass is 10.1. The molecule has 0 radical (unpaired) electrons. The quantitative estimate of drug-likeness (QED) is 0.184. The van der Waals surface area contributed by atoms with Crippen molar-refractivity contribution in [2.24, 2.45) is 11.6 Å². The second-order valence-corrected chi connectivity index (χ2v) is 2.99. The van der Waals surface area contributed by atoms with Crippen LogP contribution in [0.5, 0.6) is 0 Å². The first kappa shape index (κ1) is 11.2. The molecule has 4 nitrogen and oxygen atoms in total. The second-order valence-electron chi connectivity index (χ2n) is 2.99. The van der Waals surface area contributed by atoms with Crippen LogP contribution in [0.1, 0.15) is 39.0 Å². The van der Waals surface area contributed by atoms with E-state index in [9.17, 15) is 0 Å². The van der Waals surface area contributed by atoms with Gasteiger partial charge in [-0.05, 0) is 6.42 Å². The average molecular weight is 172 g/mol. The molecule has 0 aliphatic rings. The van der Waals surface area contributed by atoms with Crippen LogP contribution in [0, 0.1) is 5.41 Å². The van der Waals surface area contributed by atoms with Gasteiger partial charge < -0.3 is 5.73 Å². The van der Waals surface area contributed by atoms with Gasteiger partial charge in [-0.15, -0.1) is 0 Å². The highest BCUT2D eigenvalue weighted by molar-refractivity contribution is 5.73. The Morgan fingerprint density at radius 2 is 1.83 bits per heavy atom. The number of unbranched alkanes of at least 4 members (excludes halogenated alkanes) is 4. The highest BCUT2D eigenvalue weighted by Crippen LogP contribution is 2.02. The summed E-state index contributed by atoms with van der Waals surface area (Å²) in [5.74, 6) is 5.36. The molecule has 0 fully saturated rings. The molecule has 0 aromatic heterocycles. The highest BCUT2D eigenvalue weighted by atomic mass is 15.4. The molecule has 0 unspecified atom stereocenters. The minimum absolute atomic E-state index is 0.0505. The minimum Gasteiger partial charge on any atom is -0.369 e. The van der Waals surface area contributed by atoms with Gasteiger partial charge in [-0.3, -0.25) is 10.4 Å². The molecule has 0 aliphatic heterocycles. The van der Waals surface area contributed by atoms with Gasteiger partial charge in [-0.1, -0.05) is 32.6 Å². The van der Waals surface area contributed by atoms with Crippen molar-refractivity contribution in [3.63, 3.8) is 0 Å². The lowest BCUT2D eigenvalue weighted by Crippen LogP contribution is -2.42. The zero-order valence-corrected chi connectivity index (χ0v) is 7.84. The predicted octanol–water partition coefficient (Wildman–Crippen LogP) is 1.03. The highest BCUT2D eigenvalue weighted by Gasteiger charge is 1.98. The Bertz CT molecular complexity index is 124. The van der Waals surface area contributed by atoms with Crippen LogP contribution in [0.2, 0.25) is 0 Å². The fourth-order valence-corrected chi connectivity index (χ4v) is 1.01. The number of hydrazine groups is 1. The maximum absolute atomic E-state index is 7.00. The van der Waals surface area contributed by atoms with E-state index >= 15 is 0 Å². The molecular formula is C8H20N4. The summed E-state index contributed by atoms with van der Waals surface area (Å²) in [6.45, 7) is 2.88. The Hall–Kier alpha value is -0.770. The van der Waals surface area contributed by atoms with E-state index in [1.54, 1.807) is 0 Å². The first-order valence-electron chi connectivity index (χ1n) is 4.54. The number of nitrogens with zero attached hydrogens (tertiary/aromatic N) is 1. The first-order chi connectivity index (χ1) is 5.68. The van der Waals surface area contributed by atoms with Crippen molar-refractivity contribution in [3.05, 3.63) is 0 Å². The van der Waals surface area contributed by atoms with Crippen LogP contribution < -0.4 is 11.6 Å². The molecule has 0 aliphatic carbocycles. The molecule has 0 amide bonds. The molecule has 0 heterocycles. The van der Waals surface area contributed by atoms with E-state index in [1.165, 1.54) is 30.7 Å². The van der Waals surface area contributed by atoms with Gasteiger partial charge in [-0.2, -0.15) is 0 Å². The smallest absolute Gasteiger partial charge is 0.202 e. The van der Waals surface area contributed by atoms with Crippen LogP contribution in [-0.4, -0.2) is 17.5 Å². The van der Waals surface area contributed by atoms with Crippen LogP contribution in [-0.2, 0) is 0 Å². The summed E-state index contributed by atoms with van der Waals surface area (Å²) < 4.78 is 0. The lowest BCUT2D eigenvalue weighted by Gasteiger charge is -2.15. The largest absolute Gasteiger partial charge is 0.369 e. The van der Waals surface area contributed by atoms with Crippen LogP contribution in [0.15, 0.2) is 0 Å². The van der Waals surface area contributed by atoms with E-state index in [1.807, 2.05) is 0 Å². The van der Waals surface area contributed by atoms with Gasteiger partial charge >= 0.3 is 0 Å². The summed E-state index contributed by atoms with van der Waals surface area (Å²) in [5.41, 5.74) is 5.16. The van der Waals surface area contributed by atoms with Gasteiger partial charge in [0.25, 0.3) is 0 Å². The molecule has 0 spiro atoms. The van der Waals surface area contributed by atoms with Crippen molar-refractivity contribution >= 4 is 5.96 Å². The topological polar surface area (TPSA) is 79.1 Å². The van der Waals surface area contributed by atoms with Crippen LogP contribution in [0.4, 0.5) is 0 Å². The normalized spacial score (nSPS) is 9.83. The maximum atomic E-state index is 7.00. The van der Waals surface area contributed by atoms with Crippen molar-refractivity contribution in [3.8, 4) is 0 Å². The SMILES string of the molecule is CCCCCCCN(N)C(=N)N. The molecular weight excluding hydrogens is 152 g/mol. The third kappa shape index (κ3) is 5.97. The Morgan fingerprint density at radius 3 is 2.33 bits per heavy atom. The van der Waals surface area contributed by atoms with Gasteiger partial charge in [0.05, 0.1) is 0 Å². The number of nitrogens with two attached hydrogens (primary N) is 2. The third-order valence-corrected chi connectivity index (χ3v) is 1.81. The van der Waals surface area contributed by atoms with Gasteiger partial charge in [0.2, 0.25) is 5.96 Å². The van der Waals surface area contributed by atoms with E-state index in [-0.39, 0.29) is 5.96 Å². The zero-order valence-electron chi connectivity index (χ0n) is 7.84. The minimum atomic E-state index is -0.0505. The molecule has 0 saturated heterocycles. The number of hydrogen-bond donors (Lipinski definition) is 3. The summed E-state index contributed by atoms with van der Waals surface area (Å²) >= 11 is 0. The van der Waals surface area contributed by atoms with E-state index < -0.39 is 0 Å². The number of nitrogens with one attached hydrogen (secondary N) is 1. The number of guanidine groups is 1. The van der Waals surface area contributed by atoms with Crippen LogP contribution in [0.3, 0.4) is 0 Å². The summed E-state index contributed by atoms with van der Waals surface area (Å²) in [6, 6.07) is 0. The molecule has 4 heteroatoms. The maximum Gasteiger partial charge on any atom is 0.202 e. The van der Waals surface area contributed by atoms with E-state index in [0.29, 0.717) is 6.54 Å². The molecule has 12 heavy (non-hydrogen) atoms. The van der Waals surface area contributed by atoms with Crippen molar-refractivity contribution in [1.29, 1.82) is 5.41 Å². The monoisotopic (exact) mass is 172 g/mol. The summed E-state index contributed by atoms with van der Waals surface area (Å²) in [5, 5.41) is 8.28. The number of hydrogen-bond acceptors (Lipinski definition) is 2. The Morgan fingerprint density at radius 1 is 1.25 bits per heavy atom. The van der Waals surface area contributed by atoms with Crippen molar-refractivity contribution in [2.75, 3.05) is 6.54 Å². The van der Waals surface area contributed by atoms with Crippen LogP contribution in [0.25, 0.3) is 0 Å². The first-order valence-corrected chi connectivity index (χ1v) is 4.54. The van der Waals surface area contributed by atoms with Crippen molar-refractivity contribution in [2.45, 2.75) is 39.0 Å². The second kappa shape index (κ2) is 6.91. The fraction of sp³-hybridized carbons (Fsp3) is 0.875. The Kier molecular flexibility index (Phi) is 6.47. The molecule has 0 aromatic carbocycles. The van der Waals surface area contributed by atoms with Crippen molar-refractivity contribution < 1.29 is 0 Å². The van der Waals surface area contributed by atoms with Crippen LogP contribution >= 0.6 is 0 Å². The molecule has 72 valence electrons. The van der Waals surface area contributed by atoms with E-state index in [2.05, 4.69) is 6.92 Å². The summed E-state index contributed by atoms with van der Waals surface area (Å²) in [7, 11) is 0. The van der Waals surface area contributed by atoms with E-state index in [4.69, 9.17) is 17.0 Å². The predicted molar refractivity (Wildman–Crippen MR) is 51.6 cm³/mol. The third-order valence-electron chi connectivity index (χ3n) is 1.81. The average Bonchev–Trinajstić information content (AvgIpc) is 2.03. The van der Waals surface area contributed by atoms with E-state index in [0.717, 1.165) is 6.42 Å². The number of rotatable bonds is 6. The molecule has 0 aromatic rings. The lowest BCUT2D eigenvalue weighted by molar-refractivity contribution is 0.410. The van der Waals surface area contributed by atoms with Gasteiger partial charge in [0.1, 0.15) is 0 Å². The molecule has 5 N–H and O–H groups in total. The molecule has 0 saturated carbocycles. The molecule has 0 atom stereocenters.